The zero-order valence-electron chi connectivity index (χ0n) is 17.6. The average molecular weight is 468 g/mol. The van der Waals surface area contributed by atoms with Gasteiger partial charge in [0.15, 0.2) is 0 Å². The van der Waals surface area contributed by atoms with E-state index in [-0.39, 0.29) is 48.6 Å². The van der Waals surface area contributed by atoms with E-state index in [1.807, 2.05) is 60.4 Å². The second-order valence-electron chi connectivity index (χ2n) is 7.32. The van der Waals surface area contributed by atoms with Crippen LogP contribution in [0.15, 0.2) is 54.7 Å². The van der Waals surface area contributed by atoms with Crippen LogP contribution in [0.4, 0.5) is 5.82 Å². The molecule has 2 heterocycles. The SMILES string of the molecule is CC(C(=O)NCCC(=O)N1CCN(c2ccccn2)CC1)C(N)c1ccccc1.Cl.Cl. The van der Waals surface area contributed by atoms with Crippen LogP contribution in [0.25, 0.3) is 0 Å². The number of carbonyl (C=O) groups excluding carboxylic acids is 2. The Hall–Kier alpha value is -2.35. The van der Waals surface area contributed by atoms with Crippen LogP contribution in [-0.4, -0.2) is 54.4 Å². The summed E-state index contributed by atoms with van der Waals surface area (Å²) in [6.07, 6.45) is 2.07. The van der Waals surface area contributed by atoms with E-state index in [4.69, 9.17) is 5.73 Å². The molecule has 1 aliphatic heterocycles. The van der Waals surface area contributed by atoms with E-state index in [0.717, 1.165) is 24.5 Å². The molecular weight excluding hydrogens is 437 g/mol. The molecule has 9 heteroatoms. The van der Waals surface area contributed by atoms with Crippen molar-refractivity contribution in [2.24, 2.45) is 11.7 Å². The molecule has 0 aliphatic carbocycles. The smallest absolute Gasteiger partial charge is 0.224 e. The number of carbonyl (C=O) groups is 2. The first-order chi connectivity index (χ1) is 14.1. The number of piperazine rings is 1. The summed E-state index contributed by atoms with van der Waals surface area (Å²) in [5.74, 6) is 0.505. The minimum absolute atomic E-state index is 0. The summed E-state index contributed by atoms with van der Waals surface area (Å²) in [6.45, 7) is 4.99. The van der Waals surface area contributed by atoms with E-state index in [1.54, 1.807) is 6.20 Å². The molecule has 3 N–H and O–H groups in total. The number of benzene rings is 1. The summed E-state index contributed by atoms with van der Waals surface area (Å²) in [5, 5.41) is 2.85. The molecule has 2 unspecified atom stereocenters. The maximum atomic E-state index is 12.5. The fraction of sp³-hybridized carbons (Fsp3) is 0.409. The number of hydrogen-bond acceptors (Lipinski definition) is 5. The Morgan fingerprint density at radius 1 is 1.03 bits per heavy atom. The van der Waals surface area contributed by atoms with Gasteiger partial charge in [-0.15, -0.1) is 24.8 Å². The number of amides is 2. The molecule has 2 amide bonds. The second kappa shape index (κ2) is 13.1. The lowest BCUT2D eigenvalue weighted by Gasteiger charge is -2.35. The lowest BCUT2D eigenvalue weighted by Crippen LogP contribution is -2.49. The molecule has 0 spiro atoms. The number of nitrogens with zero attached hydrogens (tertiary/aromatic N) is 3. The van der Waals surface area contributed by atoms with Crippen molar-refractivity contribution < 1.29 is 9.59 Å². The standard InChI is InChI=1S/C22H29N5O2.2ClH/c1-17(21(23)18-7-3-2-4-8-18)22(29)25-12-10-20(28)27-15-13-26(14-16-27)19-9-5-6-11-24-19;;/h2-9,11,17,21H,10,12-16,23H2,1H3,(H,25,29);2*1H. The minimum Gasteiger partial charge on any atom is -0.355 e. The second-order valence-corrected chi connectivity index (χ2v) is 7.32. The van der Waals surface area contributed by atoms with Gasteiger partial charge >= 0.3 is 0 Å². The van der Waals surface area contributed by atoms with Crippen molar-refractivity contribution in [3.05, 3.63) is 60.3 Å². The van der Waals surface area contributed by atoms with Crippen LogP contribution in [0.1, 0.15) is 24.9 Å². The number of aromatic nitrogens is 1. The summed E-state index contributed by atoms with van der Waals surface area (Å²) in [4.78, 5) is 33.2. The van der Waals surface area contributed by atoms with Gasteiger partial charge in [-0.3, -0.25) is 9.59 Å². The Labute approximate surface area is 196 Å². The van der Waals surface area contributed by atoms with Gasteiger partial charge in [0.2, 0.25) is 11.8 Å². The molecule has 2 atom stereocenters. The van der Waals surface area contributed by atoms with Crippen molar-refractivity contribution in [2.75, 3.05) is 37.6 Å². The Morgan fingerprint density at radius 2 is 1.68 bits per heavy atom. The fourth-order valence-corrected chi connectivity index (χ4v) is 3.46. The molecule has 0 saturated carbocycles. The number of halogens is 2. The first-order valence-corrected chi connectivity index (χ1v) is 10.1. The lowest BCUT2D eigenvalue weighted by molar-refractivity contribution is -0.131. The summed E-state index contributed by atoms with van der Waals surface area (Å²) in [6, 6.07) is 15.0. The number of hydrogen-bond donors (Lipinski definition) is 2. The lowest BCUT2D eigenvalue weighted by atomic mass is 9.95. The number of rotatable bonds is 7. The Balaban J connectivity index is 0.00000240. The molecule has 1 aliphatic rings. The average Bonchev–Trinajstić information content (AvgIpc) is 2.79. The minimum atomic E-state index is -0.369. The highest BCUT2D eigenvalue weighted by atomic mass is 35.5. The van der Waals surface area contributed by atoms with E-state index in [2.05, 4.69) is 15.2 Å². The normalized spacial score (nSPS) is 15.2. The molecule has 2 aromatic rings. The van der Waals surface area contributed by atoms with Gasteiger partial charge in [-0.1, -0.05) is 43.3 Å². The number of nitrogens with two attached hydrogens (primary N) is 1. The van der Waals surface area contributed by atoms with Crippen molar-refractivity contribution >= 4 is 42.4 Å². The van der Waals surface area contributed by atoms with E-state index >= 15 is 0 Å². The number of anilines is 1. The van der Waals surface area contributed by atoms with Crippen LogP contribution in [0, 0.1) is 5.92 Å². The molecular formula is C22H31Cl2N5O2. The van der Waals surface area contributed by atoms with E-state index in [1.165, 1.54) is 0 Å². The Bertz CT molecular complexity index is 802. The zero-order chi connectivity index (χ0) is 20.6. The van der Waals surface area contributed by atoms with Gasteiger partial charge in [0.25, 0.3) is 0 Å². The molecule has 31 heavy (non-hydrogen) atoms. The first-order valence-electron chi connectivity index (χ1n) is 10.1. The Morgan fingerprint density at radius 3 is 2.29 bits per heavy atom. The third kappa shape index (κ3) is 7.38. The summed E-state index contributed by atoms with van der Waals surface area (Å²) in [7, 11) is 0. The van der Waals surface area contributed by atoms with Crippen LogP contribution < -0.4 is 16.0 Å². The van der Waals surface area contributed by atoms with Crippen molar-refractivity contribution in [1.29, 1.82) is 0 Å². The van der Waals surface area contributed by atoms with E-state index in [9.17, 15) is 9.59 Å². The predicted octanol–water partition coefficient (Wildman–Crippen LogP) is 2.42. The predicted molar refractivity (Wildman–Crippen MR) is 128 cm³/mol. The Kier molecular flexibility index (Phi) is 11.3. The molecule has 0 radical (unpaired) electrons. The number of nitrogens with one attached hydrogen (secondary N) is 1. The third-order valence-corrected chi connectivity index (χ3v) is 5.38. The summed E-state index contributed by atoms with van der Waals surface area (Å²) >= 11 is 0. The van der Waals surface area contributed by atoms with E-state index < -0.39 is 0 Å². The van der Waals surface area contributed by atoms with Gasteiger partial charge in [0.05, 0.1) is 5.92 Å². The zero-order valence-corrected chi connectivity index (χ0v) is 19.3. The topological polar surface area (TPSA) is 91.6 Å². The van der Waals surface area contributed by atoms with Gasteiger partial charge < -0.3 is 20.9 Å². The van der Waals surface area contributed by atoms with Crippen molar-refractivity contribution in [3.63, 3.8) is 0 Å². The highest BCUT2D eigenvalue weighted by Gasteiger charge is 2.24. The van der Waals surface area contributed by atoms with Crippen LogP contribution in [0.2, 0.25) is 0 Å². The van der Waals surface area contributed by atoms with Gasteiger partial charge in [-0.2, -0.15) is 0 Å². The van der Waals surface area contributed by atoms with Crippen LogP contribution in [0.3, 0.4) is 0 Å². The maximum absolute atomic E-state index is 12.5. The van der Waals surface area contributed by atoms with Crippen LogP contribution in [0.5, 0.6) is 0 Å². The van der Waals surface area contributed by atoms with Gasteiger partial charge in [0.1, 0.15) is 5.82 Å². The third-order valence-electron chi connectivity index (χ3n) is 5.38. The first kappa shape index (κ1) is 26.7. The largest absolute Gasteiger partial charge is 0.355 e. The monoisotopic (exact) mass is 467 g/mol. The van der Waals surface area contributed by atoms with E-state index in [0.29, 0.717) is 26.1 Å². The quantitative estimate of drug-likeness (QED) is 0.652. The number of pyridine rings is 1. The molecule has 1 aromatic carbocycles. The molecule has 7 nitrogen and oxygen atoms in total. The van der Waals surface area contributed by atoms with Crippen molar-refractivity contribution in [1.82, 2.24) is 15.2 Å². The fourth-order valence-electron chi connectivity index (χ4n) is 3.46. The molecule has 1 aromatic heterocycles. The molecule has 1 saturated heterocycles. The van der Waals surface area contributed by atoms with Gasteiger partial charge in [-0.05, 0) is 17.7 Å². The molecule has 170 valence electrons. The maximum Gasteiger partial charge on any atom is 0.224 e. The van der Waals surface area contributed by atoms with Crippen molar-refractivity contribution in [2.45, 2.75) is 19.4 Å². The molecule has 0 bridgehead atoms. The molecule has 3 rings (SSSR count). The highest BCUT2D eigenvalue weighted by molar-refractivity contribution is 5.85. The van der Waals surface area contributed by atoms with Crippen LogP contribution in [-0.2, 0) is 9.59 Å². The summed E-state index contributed by atoms with van der Waals surface area (Å²) in [5.41, 5.74) is 7.13. The highest BCUT2D eigenvalue weighted by Crippen LogP contribution is 2.19. The van der Waals surface area contributed by atoms with Gasteiger partial charge in [-0.25, -0.2) is 4.98 Å². The van der Waals surface area contributed by atoms with Crippen LogP contribution >= 0.6 is 24.8 Å². The van der Waals surface area contributed by atoms with Crippen molar-refractivity contribution in [3.8, 4) is 0 Å². The molecule has 1 fully saturated rings. The van der Waals surface area contributed by atoms with Gasteiger partial charge in [0, 0.05) is 51.4 Å². The summed E-state index contributed by atoms with van der Waals surface area (Å²) < 4.78 is 0.